The quantitative estimate of drug-likeness (QED) is 0.757. The van der Waals surface area contributed by atoms with E-state index in [0.717, 1.165) is 12.0 Å². The molecule has 1 aromatic carbocycles. The van der Waals surface area contributed by atoms with E-state index in [1.807, 2.05) is 42.5 Å². The molecule has 0 aliphatic heterocycles. The lowest BCUT2D eigenvalue weighted by Crippen LogP contribution is -2.25. The molecule has 0 spiro atoms. The molecule has 0 bridgehead atoms. The number of rotatable bonds is 6. The number of nitrogens with zero attached hydrogens (tertiary/aromatic N) is 2. The molecule has 1 N–H and O–H groups in total. The number of benzene rings is 1. The first kappa shape index (κ1) is 15.7. The third kappa shape index (κ3) is 4.39. The summed E-state index contributed by atoms with van der Waals surface area (Å²) >= 11 is 0. The Morgan fingerprint density at radius 3 is 2.58 bits per heavy atom. The molecule has 0 aliphatic rings. The lowest BCUT2D eigenvalue weighted by molar-refractivity contribution is 0.0953. The number of para-hydroxylation sites is 1. The third-order valence-corrected chi connectivity index (χ3v) is 3.39. The number of pyridine rings is 2. The van der Waals surface area contributed by atoms with Crippen LogP contribution in [0.3, 0.4) is 0 Å². The predicted molar refractivity (Wildman–Crippen MR) is 91.0 cm³/mol. The summed E-state index contributed by atoms with van der Waals surface area (Å²) in [5.41, 5.74) is 1.59. The van der Waals surface area contributed by atoms with Gasteiger partial charge in [0.05, 0.1) is 5.56 Å². The van der Waals surface area contributed by atoms with Crippen molar-refractivity contribution in [1.29, 1.82) is 0 Å². The standard InChI is InChI=1S/C19H17N3O2/c23-19(21-12-10-15-5-4-11-20-13-15)16-8-9-18(22-14-16)24-17-6-2-1-3-7-17/h1-9,11,13-14H,10,12H2,(H,21,23). The minimum Gasteiger partial charge on any atom is -0.439 e. The summed E-state index contributed by atoms with van der Waals surface area (Å²) in [7, 11) is 0. The van der Waals surface area contributed by atoms with Crippen LogP contribution in [0, 0.1) is 0 Å². The van der Waals surface area contributed by atoms with Crippen LogP contribution in [0.15, 0.2) is 73.2 Å². The van der Waals surface area contributed by atoms with E-state index in [9.17, 15) is 4.79 Å². The minimum atomic E-state index is -0.155. The third-order valence-electron chi connectivity index (χ3n) is 3.39. The molecule has 0 unspecified atom stereocenters. The summed E-state index contributed by atoms with van der Waals surface area (Å²) < 4.78 is 5.60. The molecule has 0 saturated carbocycles. The first-order chi connectivity index (χ1) is 11.8. The zero-order chi connectivity index (χ0) is 16.6. The largest absolute Gasteiger partial charge is 0.439 e. The molecule has 3 aromatic rings. The van der Waals surface area contributed by atoms with Gasteiger partial charge in [0.25, 0.3) is 5.91 Å². The van der Waals surface area contributed by atoms with Crippen molar-refractivity contribution < 1.29 is 9.53 Å². The summed E-state index contributed by atoms with van der Waals surface area (Å²) in [5.74, 6) is 1.00. The zero-order valence-electron chi connectivity index (χ0n) is 13.1. The maximum Gasteiger partial charge on any atom is 0.252 e. The summed E-state index contributed by atoms with van der Waals surface area (Å²) in [6.07, 6.45) is 5.77. The van der Waals surface area contributed by atoms with Gasteiger partial charge in [-0.05, 0) is 36.2 Å². The topological polar surface area (TPSA) is 64.1 Å². The van der Waals surface area contributed by atoms with Crippen LogP contribution in [0.5, 0.6) is 11.6 Å². The van der Waals surface area contributed by atoms with Crippen molar-refractivity contribution in [3.8, 4) is 11.6 Å². The molecule has 5 nitrogen and oxygen atoms in total. The lowest BCUT2D eigenvalue weighted by atomic mass is 10.2. The van der Waals surface area contributed by atoms with Crippen molar-refractivity contribution >= 4 is 5.91 Å². The van der Waals surface area contributed by atoms with E-state index in [2.05, 4.69) is 15.3 Å². The number of carbonyl (C=O) groups is 1. The molecule has 0 radical (unpaired) electrons. The smallest absolute Gasteiger partial charge is 0.252 e. The van der Waals surface area contributed by atoms with E-state index in [1.54, 1.807) is 24.5 Å². The second kappa shape index (κ2) is 7.87. The maximum atomic E-state index is 12.1. The Kier molecular flexibility index (Phi) is 5.14. The van der Waals surface area contributed by atoms with Gasteiger partial charge in [-0.15, -0.1) is 0 Å². The molecule has 0 saturated heterocycles. The molecular formula is C19H17N3O2. The Morgan fingerprint density at radius 2 is 1.88 bits per heavy atom. The van der Waals surface area contributed by atoms with Crippen molar-refractivity contribution in [3.05, 3.63) is 84.3 Å². The van der Waals surface area contributed by atoms with Gasteiger partial charge in [-0.1, -0.05) is 24.3 Å². The van der Waals surface area contributed by atoms with Gasteiger partial charge in [0.1, 0.15) is 5.75 Å². The van der Waals surface area contributed by atoms with Crippen LogP contribution in [-0.4, -0.2) is 22.4 Å². The van der Waals surface area contributed by atoms with Crippen LogP contribution in [0.25, 0.3) is 0 Å². The highest BCUT2D eigenvalue weighted by molar-refractivity contribution is 5.93. The molecule has 0 fully saturated rings. The van der Waals surface area contributed by atoms with Gasteiger partial charge in [-0.25, -0.2) is 4.98 Å². The molecular weight excluding hydrogens is 302 g/mol. The number of amides is 1. The average molecular weight is 319 g/mol. The fourth-order valence-corrected chi connectivity index (χ4v) is 2.15. The van der Waals surface area contributed by atoms with Crippen LogP contribution in [0.2, 0.25) is 0 Å². The Bertz CT molecular complexity index is 775. The number of hydrogen-bond acceptors (Lipinski definition) is 4. The van der Waals surface area contributed by atoms with E-state index in [1.165, 1.54) is 6.20 Å². The zero-order valence-corrected chi connectivity index (χ0v) is 13.1. The van der Waals surface area contributed by atoms with E-state index in [-0.39, 0.29) is 5.91 Å². The number of carbonyl (C=O) groups excluding carboxylic acids is 1. The Labute approximate surface area is 140 Å². The summed E-state index contributed by atoms with van der Waals surface area (Å²) in [6, 6.07) is 16.6. The van der Waals surface area contributed by atoms with Crippen molar-refractivity contribution in [2.24, 2.45) is 0 Å². The van der Waals surface area contributed by atoms with Crippen molar-refractivity contribution in [1.82, 2.24) is 15.3 Å². The van der Waals surface area contributed by atoms with Gasteiger partial charge >= 0.3 is 0 Å². The van der Waals surface area contributed by atoms with Crippen LogP contribution >= 0.6 is 0 Å². The molecule has 5 heteroatoms. The van der Waals surface area contributed by atoms with Crippen LogP contribution < -0.4 is 10.1 Å². The van der Waals surface area contributed by atoms with Crippen molar-refractivity contribution in [2.75, 3.05) is 6.54 Å². The van der Waals surface area contributed by atoms with Crippen molar-refractivity contribution in [3.63, 3.8) is 0 Å². The first-order valence-electron chi connectivity index (χ1n) is 7.67. The molecule has 0 atom stereocenters. The number of hydrogen-bond donors (Lipinski definition) is 1. The van der Waals surface area contributed by atoms with Gasteiger partial charge in [-0.3, -0.25) is 9.78 Å². The van der Waals surface area contributed by atoms with E-state index >= 15 is 0 Å². The summed E-state index contributed by atoms with van der Waals surface area (Å²) in [5, 5.41) is 2.87. The second-order valence-corrected chi connectivity index (χ2v) is 5.17. The SMILES string of the molecule is O=C(NCCc1cccnc1)c1ccc(Oc2ccccc2)nc1. The molecule has 3 rings (SSSR count). The highest BCUT2D eigenvalue weighted by Crippen LogP contribution is 2.18. The van der Waals surface area contributed by atoms with Crippen LogP contribution in [0.4, 0.5) is 0 Å². The summed E-state index contributed by atoms with van der Waals surface area (Å²) in [4.78, 5) is 20.3. The average Bonchev–Trinajstić information content (AvgIpc) is 2.64. The summed E-state index contributed by atoms with van der Waals surface area (Å²) in [6.45, 7) is 0.548. The molecule has 120 valence electrons. The predicted octanol–water partition coefficient (Wildman–Crippen LogP) is 3.24. The fraction of sp³-hybridized carbons (Fsp3) is 0.105. The second-order valence-electron chi connectivity index (χ2n) is 5.17. The maximum absolute atomic E-state index is 12.1. The minimum absolute atomic E-state index is 0.155. The molecule has 2 heterocycles. The Hall–Kier alpha value is -3.21. The highest BCUT2D eigenvalue weighted by atomic mass is 16.5. The fourth-order valence-electron chi connectivity index (χ4n) is 2.15. The normalized spacial score (nSPS) is 10.2. The first-order valence-corrected chi connectivity index (χ1v) is 7.67. The van der Waals surface area contributed by atoms with Gasteiger partial charge in [-0.2, -0.15) is 0 Å². The van der Waals surface area contributed by atoms with Gasteiger partial charge in [0.2, 0.25) is 5.88 Å². The van der Waals surface area contributed by atoms with Gasteiger partial charge < -0.3 is 10.1 Å². The lowest BCUT2D eigenvalue weighted by Gasteiger charge is -2.07. The van der Waals surface area contributed by atoms with Gasteiger partial charge in [0.15, 0.2) is 0 Å². The van der Waals surface area contributed by atoms with E-state index in [0.29, 0.717) is 23.7 Å². The van der Waals surface area contributed by atoms with Crippen molar-refractivity contribution in [2.45, 2.75) is 6.42 Å². The number of ether oxygens (including phenoxy) is 1. The number of aromatic nitrogens is 2. The molecule has 0 aliphatic carbocycles. The van der Waals surface area contributed by atoms with Gasteiger partial charge in [0, 0.05) is 31.2 Å². The molecule has 24 heavy (non-hydrogen) atoms. The van der Waals surface area contributed by atoms with Crippen LogP contribution in [-0.2, 0) is 6.42 Å². The number of nitrogens with one attached hydrogen (secondary N) is 1. The Morgan fingerprint density at radius 1 is 1.00 bits per heavy atom. The highest BCUT2D eigenvalue weighted by Gasteiger charge is 2.06. The molecule has 2 aromatic heterocycles. The monoisotopic (exact) mass is 319 g/mol. The van der Waals surface area contributed by atoms with E-state index < -0.39 is 0 Å². The van der Waals surface area contributed by atoms with Crippen LogP contribution in [0.1, 0.15) is 15.9 Å². The van der Waals surface area contributed by atoms with E-state index in [4.69, 9.17) is 4.74 Å². The molecule has 1 amide bonds. The Balaban J connectivity index is 1.52.